The fourth-order valence-electron chi connectivity index (χ4n) is 2.81. The first-order chi connectivity index (χ1) is 9.43. The zero-order valence-electron chi connectivity index (χ0n) is 11.1. The van der Waals surface area contributed by atoms with Gasteiger partial charge in [-0.05, 0) is 44.3 Å². The number of benzene rings is 1. The summed E-state index contributed by atoms with van der Waals surface area (Å²) in [5, 5.41) is 7.64. The van der Waals surface area contributed by atoms with Gasteiger partial charge < -0.3 is 9.84 Å². The molecule has 1 aliphatic heterocycles. The zero-order chi connectivity index (χ0) is 12.9. The fourth-order valence-corrected chi connectivity index (χ4v) is 2.81. The van der Waals surface area contributed by atoms with Crippen LogP contribution in [-0.2, 0) is 12.8 Å². The molecule has 0 spiro atoms. The Balaban J connectivity index is 1.66. The Hall–Kier alpha value is -1.61. The summed E-state index contributed by atoms with van der Waals surface area (Å²) in [6.45, 7) is 2.19. The summed E-state index contributed by atoms with van der Waals surface area (Å²) < 4.78 is 5.22. The van der Waals surface area contributed by atoms with E-state index < -0.39 is 0 Å². The summed E-state index contributed by atoms with van der Waals surface area (Å²) >= 11 is 0. The zero-order valence-corrected chi connectivity index (χ0v) is 11.1. The molecule has 1 N–H and O–H groups in total. The minimum Gasteiger partial charge on any atom is -0.364 e. The van der Waals surface area contributed by atoms with E-state index in [-0.39, 0.29) is 0 Å². The van der Waals surface area contributed by atoms with Gasteiger partial charge in [0.15, 0.2) is 0 Å². The van der Waals surface area contributed by atoms with Crippen molar-refractivity contribution >= 4 is 0 Å². The van der Waals surface area contributed by atoms with E-state index in [1.807, 2.05) is 6.26 Å². The molecular weight excluding hydrogens is 236 g/mol. The number of piperidine rings is 1. The average molecular weight is 256 g/mol. The van der Waals surface area contributed by atoms with E-state index in [1.54, 1.807) is 0 Å². The second-order valence-corrected chi connectivity index (χ2v) is 5.23. The molecule has 0 amide bonds. The molecule has 1 aromatic heterocycles. The molecule has 2 aromatic rings. The smallest absolute Gasteiger partial charge is 0.127 e. The summed E-state index contributed by atoms with van der Waals surface area (Å²) in [4.78, 5) is 0. The average Bonchev–Trinajstić information content (AvgIpc) is 2.95. The standard InChI is InChI=1S/C16H20N2O/c1-2-4-13(5-3-1)6-7-15-12-19-18-16(15)14-8-10-17-11-9-14/h1-5,12,14,17H,6-11H2. The molecule has 100 valence electrons. The Labute approximate surface area is 114 Å². The molecule has 2 heterocycles. The predicted octanol–water partition coefficient (Wildman–Crippen LogP) is 2.93. The van der Waals surface area contributed by atoms with Gasteiger partial charge in [0.05, 0.1) is 5.69 Å². The van der Waals surface area contributed by atoms with Crippen molar-refractivity contribution in [1.29, 1.82) is 0 Å². The lowest BCUT2D eigenvalue weighted by atomic mass is 9.91. The van der Waals surface area contributed by atoms with E-state index in [9.17, 15) is 0 Å². The molecule has 1 aliphatic rings. The largest absolute Gasteiger partial charge is 0.364 e. The minimum atomic E-state index is 0.575. The van der Waals surface area contributed by atoms with Crippen LogP contribution in [0.5, 0.6) is 0 Å². The van der Waals surface area contributed by atoms with Gasteiger partial charge in [0.2, 0.25) is 0 Å². The molecule has 0 aliphatic carbocycles. The molecule has 1 aromatic carbocycles. The van der Waals surface area contributed by atoms with Gasteiger partial charge in [0.25, 0.3) is 0 Å². The maximum atomic E-state index is 5.22. The van der Waals surface area contributed by atoms with Crippen molar-refractivity contribution in [3.05, 3.63) is 53.4 Å². The Bertz CT molecular complexity index is 500. The van der Waals surface area contributed by atoms with Gasteiger partial charge in [0.1, 0.15) is 6.26 Å². The normalized spacial score (nSPS) is 16.6. The van der Waals surface area contributed by atoms with E-state index in [0.717, 1.165) is 25.9 Å². The second kappa shape index (κ2) is 6.02. The van der Waals surface area contributed by atoms with Gasteiger partial charge >= 0.3 is 0 Å². The van der Waals surface area contributed by atoms with Crippen LogP contribution in [0.4, 0.5) is 0 Å². The molecular formula is C16H20N2O. The number of hydrogen-bond acceptors (Lipinski definition) is 3. The number of aryl methyl sites for hydroxylation is 2. The van der Waals surface area contributed by atoms with E-state index in [1.165, 1.54) is 29.7 Å². The van der Waals surface area contributed by atoms with Crippen LogP contribution >= 0.6 is 0 Å². The second-order valence-electron chi connectivity index (χ2n) is 5.23. The number of nitrogens with zero attached hydrogens (tertiary/aromatic N) is 1. The highest BCUT2D eigenvalue weighted by molar-refractivity contribution is 5.23. The predicted molar refractivity (Wildman–Crippen MR) is 75.2 cm³/mol. The van der Waals surface area contributed by atoms with Crippen molar-refractivity contribution in [2.75, 3.05) is 13.1 Å². The van der Waals surface area contributed by atoms with Gasteiger partial charge in [-0.25, -0.2) is 0 Å². The highest BCUT2D eigenvalue weighted by atomic mass is 16.5. The van der Waals surface area contributed by atoms with Gasteiger partial charge in [-0.1, -0.05) is 35.5 Å². The molecule has 0 radical (unpaired) electrons. The lowest BCUT2D eigenvalue weighted by molar-refractivity contribution is 0.385. The topological polar surface area (TPSA) is 38.1 Å². The molecule has 0 bridgehead atoms. The van der Waals surface area contributed by atoms with Crippen LogP contribution < -0.4 is 5.32 Å². The molecule has 0 atom stereocenters. The van der Waals surface area contributed by atoms with Crippen LogP contribution in [0.3, 0.4) is 0 Å². The quantitative estimate of drug-likeness (QED) is 0.914. The van der Waals surface area contributed by atoms with Crippen LogP contribution in [0.1, 0.15) is 35.6 Å². The molecule has 0 saturated carbocycles. The highest BCUT2D eigenvalue weighted by Crippen LogP contribution is 2.27. The number of hydrogen-bond donors (Lipinski definition) is 1. The molecule has 1 saturated heterocycles. The number of nitrogens with one attached hydrogen (secondary N) is 1. The van der Waals surface area contributed by atoms with Gasteiger partial charge in [0, 0.05) is 11.5 Å². The lowest BCUT2D eigenvalue weighted by Gasteiger charge is -2.21. The first-order valence-electron chi connectivity index (χ1n) is 7.11. The van der Waals surface area contributed by atoms with Crippen molar-refractivity contribution in [3.63, 3.8) is 0 Å². The third kappa shape index (κ3) is 3.04. The van der Waals surface area contributed by atoms with Gasteiger partial charge in [-0.15, -0.1) is 0 Å². The van der Waals surface area contributed by atoms with Gasteiger partial charge in [-0.3, -0.25) is 0 Å². The fraction of sp³-hybridized carbons (Fsp3) is 0.438. The van der Waals surface area contributed by atoms with Crippen LogP contribution in [0.2, 0.25) is 0 Å². The third-order valence-electron chi connectivity index (χ3n) is 3.93. The van der Waals surface area contributed by atoms with Crippen molar-refractivity contribution in [3.8, 4) is 0 Å². The summed E-state index contributed by atoms with van der Waals surface area (Å²) in [7, 11) is 0. The summed E-state index contributed by atoms with van der Waals surface area (Å²) in [5.74, 6) is 0.575. The molecule has 0 unspecified atom stereocenters. The van der Waals surface area contributed by atoms with Crippen LogP contribution in [0.25, 0.3) is 0 Å². The van der Waals surface area contributed by atoms with E-state index in [4.69, 9.17) is 4.52 Å². The molecule has 3 heteroatoms. The van der Waals surface area contributed by atoms with Crippen LogP contribution in [0, 0.1) is 0 Å². The van der Waals surface area contributed by atoms with Crippen molar-refractivity contribution in [2.45, 2.75) is 31.6 Å². The first-order valence-corrected chi connectivity index (χ1v) is 7.11. The van der Waals surface area contributed by atoms with Crippen molar-refractivity contribution in [2.24, 2.45) is 0 Å². The Kier molecular flexibility index (Phi) is 3.94. The third-order valence-corrected chi connectivity index (χ3v) is 3.93. The Morgan fingerprint density at radius 2 is 1.89 bits per heavy atom. The van der Waals surface area contributed by atoms with E-state index in [0.29, 0.717) is 5.92 Å². The molecule has 19 heavy (non-hydrogen) atoms. The van der Waals surface area contributed by atoms with Crippen molar-refractivity contribution in [1.82, 2.24) is 10.5 Å². The first kappa shape index (κ1) is 12.4. The molecule has 1 fully saturated rings. The lowest BCUT2D eigenvalue weighted by Crippen LogP contribution is -2.27. The maximum absolute atomic E-state index is 5.22. The minimum absolute atomic E-state index is 0.575. The summed E-state index contributed by atoms with van der Waals surface area (Å²) in [6, 6.07) is 10.6. The summed E-state index contributed by atoms with van der Waals surface area (Å²) in [5.41, 5.74) is 3.85. The Morgan fingerprint density at radius 3 is 2.68 bits per heavy atom. The molecule has 3 nitrogen and oxygen atoms in total. The van der Waals surface area contributed by atoms with E-state index >= 15 is 0 Å². The number of aromatic nitrogens is 1. The Morgan fingerprint density at radius 1 is 1.11 bits per heavy atom. The van der Waals surface area contributed by atoms with Crippen LogP contribution in [0.15, 0.2) is 41.1 Å². The summed E-state index contributed by atoms with van der Waals surface area (Å²) in [6.07, 6.45) is 6.25. The van der Waals surface area contributed by atoms with Crippen LogP contribution in [-0.4, -0.2) is 18.2 Å². The SMILES string of the molecule is c1ccc(CCc2conc2C2CCNCC2)cc1. The highest BCUT2D eigenvalue weighted by Gasteiger charge is 2.21. The van der Waals surface area contributed by atoms with Gasteiger partial charge in [-0.2, -0.15) is 0 Å². The number of rotatable bonds is 4. The maximum Gasteiger partial charge on any atom is 0.127 e. The van der Waals surface area contributed by atoms with Crippen molar-refractivity contribution < 1.29 is 4.52 Å². The monoisotopic (exact) mass is 256 g/mol. The molecule has 3 rings (SSSR count). The van der Waals surface area contributed by atoms with E-state index in [2.05, 4.69) is 40.8 Å².